The fraction of sp³-hybridized carbons (Fsp3) is 0.333. The molecule has 4 heteroatoms. The van der Waals surface area contributed by atoms with E-state index in [4.69, 9.17) is 5.73 Å². The van der Waals surface area contributed by atoms with Gasteiger partial charge in [-0.15, -0.1) is 0 Å². The molecule has 0 fully saturated rings. The van der Waals surface area contributed by atoms with Crippen LogP contribution in [0.25, 0.3) is 5.82 Å². The topological polar surface area (TPSA) is 56.7 Å². The number of aromatic nitrogens is 3. The molecule has 0 saturated heterocycles. The van der Waals surface area contributed by atoms with Gasteiger partial charge in [0.05, 0.1) is 0 Å². The number of nitrogens with zero attached hydrogens (tertiary/aromatic N) is 3. The summed E-state index contributed by atoms with van der Waals surface area (Å²) in [6.45, 7) is 2.68. The van der Waals surface area contributed by atoms with Gasteiger partial charge in [0.25, 0.3) is 0 Å². The maximum Gasteiger partial charge on any atom is 0.138 e. The van der Waals surface area contributed by atoms with Gasteiger partial charge < -0.3 is 5.73 Å². The van der Waals surface area contributed by atoms with Crippen LogP contribution in [0.5, 0.6) is 0 Å². The summed E-state index contributed by atoms with van der Waals surface area (Å²) in [7, 11) is 0. The fourth-order valence-corrected chi connectivity index (χ4v) is 1.67. The highest BCUT2D eigenvalue weighted by atomic mass is 15.1. The maximum absolute atomic E-state index is 5.62. The van der Waals surface area contributed by atoms with Crippen molar-refractivity contribution in [3.05, 3.63) is 42.1 Å². The molecule has 2 rings (SSSR count). The number of hydrogen-bond donors (Lipinski definition) is 1. The third-order valence-electron chi connectivity index (χ3n) is 2.48. The van der Waals surface area contributed by atoms with Crippen molar-refractivity contribution in [1.29, 1.82) is 0 Å². The molecule has 0 aliphatic heterocycles. The Morgan fingerprint density at radius 1 is 1.31 bits per heavy atom. The SMILES string of the molecule is CCCc1nccn1-c1cc(CN)ccn1. The minimum Gasteiger partial charge on any atom is -0.326 e. The molecule has 4 nitrogen and oxygen atoms in total. The molecular weight excluding hydrogens is 200 g/mol. The Labute approximate surface area is 95.1 Å². The van der Waals surface area contributed by atoms with Crippen molar-refractivity contribution in [2.45, 2.75) is 26.3 Å². The molecule has 0 aromatic carbocycles. The van der Waals surface area contributed by atoms with Gasteiger partial charge in [0.2, 0.25) is 0 Å². The predicted molar refractivity (Wildman–Crippen MR) is 63.2 cm³/mol. The highest BCUT2D eigenvalue weighted by Gasteiger charge is 2.05. The molecule has 2 aromatic rings. The molecule has 0 spiro atoms. The van der Waals surface area contributed by atoms with Crippen LogP contribution in [0.4, 0.5) is 0 Å². The molecular formula is C12H16N4. The second-order valence-electron chi connectivity index (χ2n) is 3.69. The highest BCUT2D eigenvalue weighted by molar-refractivity contribution is 5.29. The summed E-state index contributed by atoms with van der Waals surface area (Å²) in [4.78, 5) is 8.67. The summed E-state index contributed by atoms with van der Waals surface area (Å²) in [6, 6.07) is 3.93. The first-order valence-electron chi connectivity index (χ1n) is 5.52. The molecule has 16 heavy (non-hydrogen) atoms. The number of imidazole rings is 1. The molecule has 0 unspecified atom stereocenters. The Bertz CT molecular complexity index is 462. The van der Waals surface area contributed by atoms with Gasteiger partial charge in [-0.1, -0.05) is 6.92 Å². The van der Waals surface area contributed by atoms with Crippen LogP contribution < -0.4 is 5.73 Å². The van der Waals surface area contributed by atoms with Gasteiger partial charge in [-0.3, -0.25) is 4.57 Å². The molecule has 2 heterocycles. The average Bonchev–Trinajstić information content (AvgIpc) is 2.78. The lowest BCUT2D eigenvalue weighted by Gasteiger charge is -2.07. The van der Waals surface area contributed by atoms with E-state index in [-0.39, 0.29) is 0 Å². The third-order valence-corrected chi connectivity index (χ3v) is 2.48. The molecule has 2 N–H and O–H groups in total. The van der Waals surface area contributed by atoms with Crippen LogP contribution >= 0.6 is 0 Å². The van der Waals surface area contributed by atoms with Crippen LogP contribution in [-0.4, -0.2) is 14.5 Å². The zero-order valence-electron chi connectivity index (χ0n) is 9.43. The summed E-state index contributed by atoms with van der Waals surface area (Å²) in [5.74, 6) is 1.94. The third kappa shape index (κ3) is 2.12. The summed E-state index contributed by atoms with van der Waals surface area (Å²) < 4.78 is 2.02. The van der Waals surface area contributed by atoms with Crippen molar-refractivity contribution in [3.8, 4) is 5.82 Å². The summed E-state index contributed by atoms with van der Waals surface area (Å²) in [5.41, 5.74) is 6.70. The van der Waals surface area contributed by atoms with Crippen molar-refractivity contribution < 1.29 is 0 Å². The van der Waals surface area contributed by atoms with Gasteiger partial charge >= 0.3 is 0 Å². The first kappa shape index (κ1) is 10.8. The molecule has 0 atom stereocenters. The number of pyridine rings is 1. The van der Waals surface area contributed by atoms with Gasteiger partial charge in [0, 0.05) is 31.6 Å². The van der Waals surface area contributed by atoms with Crippen LogP contribution in [0, 0.1) is 0 Å². The molecule has 84 valence electrons. The smallest absolute Gasteiger partial charge is 0.138 e. The number of rotatable bonds is 4. The average molecular weight is 216 g/mol. The number of nitrogens with two attached hydrogens (primary N) is 1. The summed E-state index contributed by atoms with van der Waals surface area (Å²) in [6.07, 6.45) is 7.57. The first-order chi connectivity index (χ1) is 7.85. The minimum absolute atomic E-state index is 0.535. The van der Waals surface area contributed by atoms with Crippen molar-refractivity contribution in [3.63, 3.8) is 0 Å². The van der Waals surface area contributed by atoms with Gasteiger partial charge in [0.15, 0.2) is 0 Å². The number of aryl methyl sites for hydroxylation is 1. The van der Waals surface area contributed by atoms with E-state index in [2.05, 4.69) is 16.9 Å². The number of hydrogen-bond acceptors (Lipinski definition) is 3. The van der Waals surface area contributed by atoms with Crippen molar-refractivity contribution in [1.82, 2.24) is 14.5 Å². The zero-order valence-corrected chi connectivity index (χ0v) is 9.43. The van der Waals surface area contributed by atoms with E-state index in [1.165, 1.54) is 0 Å². The van der Waals surface area contributed by atoms with Crippen molar-refractivity contribution in [2.75, 3.05) is 0 Å². The Balaban J connectivity index is 2.37. The lowest BCUT2D eigenvalue weighted by Crippen LogP contribution is -2.04. The van der Waals surface area contributed by atoms with Crippen LogP contribution in [-0.2, 0) is 13.0 Å². The van der Waals surface area contributed by atoms with Crippen LogP contribution in [0.15, 0.2) is 30.7 Å². The normalized spacial score (nSPS) is 10.6. The van der Waals surface area contributed by atoms with E-state index in [9.17, 15) is 0 Å². The summed E-state index contributed by atoms with van der Waals surface area (Å²) >= 11 is 0. The van der Waals surface area contributed by atoms with Crippen LogP contribution in [0.2, 0.25) is 0 Å². The Morgan fingerprint density at radius 2 is 2.19 bits per heavy atom. The summed E-state index contributed by atoms with van der Waals surface area (Å²) in [5, 5.41) is 0. The Hall–Kier alpha value is -1.68. The van der Waals surface area contributed by atoms with Crippen molar-refractivity contribution in [2.24, 2.45) is 5.73 Å². The van der Waals surface area contributed by atoms with Crippen LogP contribution in [0.1, 0.15) is 24.7 Å². The van der Waals surface area contributed by atoms with Gasteiger partial charge in [0.1, 0.15) is 11.6 Å². The van der Waals surface area contributed by atoms with Gasteiger partial charge in [-0.05, 0) is 24.1 Å². The van der Waals surface area contributed by atoms with E-state index >= 15 is 0 Å². The van der Waals surface area contributed by atoms with E-state index < -0.39 is 0 Å². The van der Waals surface area contributed by atoms with Crippen molar-refractivity contribution >= 4 is 0 Å². The van der Waals surface area contributed by atoms with E-state index in [0.717, 1.165) is 30.0 Å². The lowest BCUT2D eigenvalue weighted by molar-refractivity contribution is 0.796. The fourth-order valence-electron chi connectivity index (χ4n) is 1.67. The quantitative estimate of drug-likeness (QED) is 0.846. The van der Waals surface area contributed by atoms with E-state index in [1.54, 1.807) is 6.20 Å². The maximum atomic E-state index is 5.62. The van der Waals surface area contributed by atoms with Crippen LogP contribution in [0.3, 0.4) is 0 Å². The second-order valence-corrected chi connectivity index (χ2v) is 3.69. The molecule has 0 bridgehead atoms. The molecule has 2 aromatic heterocycles. The molecule has 0 radical (unpaired) electrons. The Morgan fingerprint density at radius 3 is 2.94 bits per heavy atom. The predicted octanol–water partition coefficient (Wildman–Crippen LogP) is 1.68. The highest BCUT2D eigenvalue weighted by Crippen LogP contribution is 2.11. The standard InChI is InChI=1S/C12H16N4/c1-2-3-11-15-6-7-16(11)12-8-10(9-13)4-5-14-12/h4-8H,2-3,9,13H2,1H3. The largest absolute Gasteiger partial charge is 0.326 e. The Kier molecular flexibility index (Phi) is 3.31. The van der Waals surface area contributed by atoms with Gasteiger partial charge in [-0.25, -0.2) is 9.97 Å². The van der Waals surface area contributed by atoms with E-state index in [1.807, 2.05) is 29.1 Å². The minimum atomic E-state index is 0.535. The molecule has 0 aliphatic carbocycles. The second kappa shape index (κ2) is 4.90. The molecule has 0 saturated carbocycles. The molecule has 0 amide bonds. The molecule has 0 aliphatic rings. The lowest BCUT2D eigenvalue weighted by atomic mass is 10.2. The first-order valence-corrected chi connectivity index (χ1v) is 5.52. The monoisotopic (exact) mass is 216 g/mol. The zero-order chi connectivity index (χ0) is 11.4. The van der Waals surface area contributed by atoms with E-state index in [0.29, 0.717) is 6.54 Å². The van der Waals surface area contributed by atoms with Gasteiger partial charge in [-0.2, -0.15) is 0 Å².